The summed E-state index contributed by atoms with van der Waals surface area (Å²) in [6.45, 7) is 8.19. The van der Waals surface area contributed by atoms with Crippen molar-refractivity contribution in [3.8, 4) is 0 Å². The Morgan fingerprint density at radius 3 is 2.11 bits per heavy atom. The third kappa shape index (κ3) is 9.10. The van der Waals surface area contributed by atoms with E-state index in [4.69, 9.17) is 23.2 Å². The summed E-state index contributed by atoms with van der Waals surface area (Å²) in [5, 5.41) is 4.25. The van der Waals surface area contributed by atoms with Crippen LogP contribution in [0.3, 0.4) is 0 Å². The maximum absolute atomic E-state index is 13.7. The van der Waals surface area contributed by atoms with Crippen LogP contribution in [-0.4, -0.2) is 34.0 Å². The molecule has 0 bridgehead atoms. The van der Waals surface area contributed by atoms with E-state index in [1.165, 1.54) is 11.8 Å². The number of carbonyl (C=O) groups is 2. The predicted molar refractivity (Wildman–Crippen MR) is 156 cm³/mol. The molecule has 37 heavy (non-hydrogen) atoms. The number of halogens is 2. The van der Waals surface area contributed by atoms with Crippen molar-refractivity contribution in [2.45, 2.75) is 58.0 Å². The lowest BCUT2D eigenvalue weighted by molar-refractivity contribution is -0.140. The number of rotatable bonds is 10. The maximum Gasteiger partial charge on any atom is 0.243 e. The maximum atomic E-state index is 13.7. The highest BCUT2D eigenvalue weighted by Crippen LogP contribution is 2.28. The van der Waals surface area contributed by atoms with Crippen LogP contribution in [0, 0.1) is 6.92 Å². The lowest BCUT2D eigenvalue weighted by Gasteiger charge is -2.34. The molecule has 0 aliphatic rings. The molecule has 3 aromatic rings. The van der Waals surface area contributed by atoms with Crippen LogP contribution < -0.4 is 5.32 Å². The molecule has 0 aliphatic heterocycles. The van der Waals surface area contributed by atoms with Gasteiger partial charge in [0.25, 0.3) is 0 Å². The number of hydrogen-bond donors (Lipinski definition) is 1. The van der Waals surface area contributed by atoms with Crippen LogP contribution in [0.2, 0.25) is 10.0 Å². The standard InChI is InChI=1S/C30H34Cl2N2O2S/c1-21-13-15-23(16-14-21)18-34(28(35)20-37-19-24-25(31)11-8-12-26(24)32)27(29(36)33-30(2,3)4)17-22-9-6-5-7-10-22/h5-16,27H,17-20H2,1-4H3,(H,33,36)/t27-/m0/s1. The summed E-state index contributed by atoms with van der Waals surface area (Å²) in [5.74, 6) is 0.413. The Kier molecular flexibility index (Phi) is 10.5. The third-order valence-electron chi connectivity index (χ3n) is 5.78. The number of thioether (sulfide) groups is 1. The highest BCUT2D eigenvalue weighted by molar-refractivity contribution is 7.99. The van der Waals surface area contributed by atoms with E-state index in [2.05, 4.69) is 5.32 Å². The molecule has 3 rings (SSSR count). The average molecular weight is 558 g/mol. The summed E-state index contributed by atoms with van der Waals surface area (Å²) in [7, 11) is 0. The zero-order valence-corrected chi connectivity index (χ0v) is 24.1. The van der Waals surface area contributed by atoms with E-state index in [1.807, 2.05) is 82.3 Å². The van der Waals surface area contributed by atoms with Gasteiger partial charge in [0.15, 0.2) is 0 Å². The molecule has 3 aromatic carbocycles. The first kappa shape index (κ1) is 29.1. The SMILES string of the molecule is Cc1ccc(CN(C(=O)CSCc2c(Cl)cccc2Cl)[C@@H](Cc2ccccc2)C(=O)NC(C)(C)C)cc1. The van der Waals surface area contributed by atoms with Crippen LogP contribution in [-0.2, 0) is 28.3 Å². The molecular formula is C30H34Cl2N2O2S. The van der Waals surface area contributed by atoms with Crippen LogP contribution in [0.5, 0.6) is 0 Å². The molecule has 0 fully saturated rings. The predicted octanol–water partition coefficient (Wildman–Crippen LogP) is 7.09. The van der Waals surface area contributed by atoms with Gasteiger partial charge in [-0.1, -0.05) is 89.4 Å². The molecule has 2 amide bonds. The van der Waals surface area contributed by atoms with Gasteiger partial charge in [-0.3, -0.25) is 9.59 Å². The number of carbonyl (C=O) groups excluding carboxylic acids is 2. The smallest absolute Gasteiger partial charge is 0.243 e. The van der Waals surface area contributed by atoms with Crippen molar-refractivity contribution in [3.63, 3.8) is 0 Å². The summed E-state index contributed by atoms with van der Waals surface area (Å²) in [5.41, 5.74) is 3.48. The van der Waals surface area contributed by atoms with E-state index < -0.39 is 11.6 Å². The average Bonchev–Trinajstić information content (AvgIpc) is 2.83. The molecule has 0 saturated heterocycles. The molecule has 0 radical (unpaired) electrons. The Bertz CT molecular complexity index is 1170. The van der Waals surface area contributed by atoms with Crippen molar-refractivity contribution in [1.29, 1.82) is 0 Å². The second-order valence-corrected chi connectivity index (χ2v) is 11.9. The Hall–Kier alpha value is -2.47. The molecular weight excluding hydrogens is 523 g/mol. The number of benzene rings is 3. The van der Waals surface area contributed by atoms with Gasteiger partial charge >= 0.3 is 0 Å². The summed E-state index contributed by atoms with van der Waals surface area (Å²) < 4.78 is 0. The van der Waals surface area contributed by atoms with E-state index in [0.29, 0.717) is 28.8 Å². The fourth-order valence-electron chi connectivity index (χ4n) is 3.89. The van der Waals surface area contributed by atoms with E-state index in [0.717, 1.165) is 22.3 Å². The van der Waals surface area contributed by atoms with Crippen LogP contribution in [0.25, 0.3) is 0 Å². The molecule has 0 heterocycles. The van der Waals surface area contributed by atoms with Crippen molar-refractivity contribution >= 4 is 46.8 Å². The number of nitrogens with one attached hydrogen (secondary N) is 1. The van der Waals surface area contributed by atoms with Crippen LogP contribution >= 0.6 is 35.0 Å². The van der Waals surface area contributed by atoms with Crippen molar-refractivity contribution < 1.29 is 9.59 Å². The fourth-order valence-corrected chi connectivity index (χ4v) is 5.54. The van der Waals surface area contributed by atoms with Gasteiger partial charge in [0.2, 0.25) is 11.8 Å². The Balaban J connectivity index is 1.88. The molecule has 0 unspecified atom stereocenters. The molecule has 4 nitrogen and oxygen atoms in total. The first-order chi connectivity index (χ1) is 17.5. The van der Waals surface area contributed by atoms with Gasteiger partial charge in [-0.05, 0) is 56.5 Å². The lowest BCUT2D eigenvalue weighted by Crippen LogP contribution is -2.54. The second kappa shape index (κ2) is 13.4. The lowest BCUT2D eigenvalue weighted by atomic mass is 10.0. The summed E-state index contributed by atoms with van der Waals surface area (Å²) in [6.07, 6.45) is 0.418. The normalized spacial score (nSPS) is 12.2. The molecule has 7 heteroatoms. The largest absolute Gasteiger partial charge is 0.350 e. The molecule has 196 valence electrons. The van der Waals surface area contributed by atoms with E-state index in [1.54, 1.807) is 23.1 Å². The molecule has 0 aliphatic carbocycles. The van der Waals surface area contributed by atoms with Gasteiger partial charge in [-0.25, -0.2) is 0 Å². The monoisotopic (exact) mass is 556 g/mol. The van der Waals surface area contributed by atoms with Gasteiger partial charge < -0.3 is 10.2 Å². The Morgan fingerprint density at radius 1 is 0.892 bits per heavy atom. The summed E-state index contributed by atoms with van der Waals surface area (Å²) in [4.78, 5) is 29.0. The van der Waals surface area contributed by atoms with Crippen molar-refractivity contribution in [2.24, 2.45) is 0 Å². The number of amides is 2. The fraction of sp³-hybridized carbons (Fsp3) is 0.333. The quantitative estimate of drug-likeness (QED) is 0.290. The Morgan fingerprint density at radius 2 is 1.51 bits per heavy atom. The number of aryl methyl sites for hydroxylation is 1. The summed E-state index contributed by atoms with van der Waals surface area (Å²) >= 11 is 14.1. The topological polar surface area (TPSA) is 49.4 Å². The van der Waals surface area contributed by atoms with Gasteiger partial charge in [0.1, 0.15) is 6.04 Å². The summed E-state index contributed by atoms with van der Waals surface area (Å²) in [6, 6.07) is 22.6. The van der Waals surface area contributed by atoms with Gasteiger partial charge in [0, 0.05) is 34.3 Å². The zero-order chi connectivity index (χ0) is 27.0. The first-order valence-corrected chi connectivity index (χ1v) is 14.2. The van der Waals surface area contributed by atoms with Gasteiger partial charge in [-0.2, -0.15) is 0 Å². The van der Waals surface area contributed by atoms with E-state index >= 15 is 0 Å². The van der Waals surface area contributed by atoms with Crippen molar-refractivity contribution in [3.05, 3.63) is 105 Å². The molecule has 1 atom stereocenters. The highest BCUT2D eigenvalue weighted by atomic mass is 35.5. The van der Waals surface area contributed by atoms with Crippen molar-refractivity contribution in [1.82, 2.24) is 10.2 Å². The molecule has 0 spiro atoms. The van der Waals surface area contributed by atoms with Gasteiger partial charge in [-0.15, -0.1) is 11.8 Å². The van der Waals surface area contributed by atoms with Crippen LogP contribution in [0.4, 0.5) is 0 Å². The highest BCUT2D eigenvalue weighted by Gasteiger charge is 2.32. The number of nitrogens with zero attached hydrogens (tertiary/aromatic N) is 1. The second-order valence-electron chi connectivity index (χ2n) is 10.1. The third-order valence-corrected chi connectivity index (χ3v) is 7.43. The molecule has 0 saturated carbocycles. The first-order valence-electron chi connectivity index (χ1n) is 12.2. The van der Waals surface area contributed by atoms with E-state index in [9.17, 15) is 9.59 Å². The van der Waals surface area contributed by atoms with E-state index in [-0.39, 0.29) is 17.6 Å². The minimum atomic E-state index is -0.667. The number of hydrogen-bond acceptors (Lipinski definition) is 3. The zero-order valence-electron chi connectivity index (χ0n) is 21.8. The minimum Gasteiger partial charge on any atom is -0.350 e. The van der Waals surface area contributed by atoms with Crippen molar-refractivity contribution in [2.75, 3.05) is 5.75 Å². The molecule has 1 N–H and O–H groups in total. The minimum absolute atomic E-state index is 0.112. The molecule has 0 aromatic heterocycles. The Labute approximate surface area is 234 Å². The van der Waals surface area contributed by atoms with Gasteiger partial charge in [0.05, 0.1) is 5.75 Å². The van der Waals surface area contributed by atoms with Crippen LogP contribution in [0.1, 0.15) is 43.0 Å². The van der Waals surface area contributed by atoms with Crippen LogP contribution in [0.15, 0.2) is 72.8 Å².